The topological polar surface area (TPSA) is 304 Å². The van der Waals surface area contributed by atoms with Crippen molar-refractivity contribution in [3.63, 3.8) is 0 Å². The van der Waals surface area contributed by atoms with E-state index in [4.69, 9.17) is 20.4 Å². The molecule has 8 N–H and O–H groups in total. The van der Waals surface area contributed by atoms with Crippen molar-refractivity contribution >= 4 is 45.5 Å². The molecule has 285 valence electrons. The largest absolute Gasteiger partial charge is 0.506 e. The van der Waals surface area contributed by atoms with Crippen molar-refractivity contribution in [2.45, 2.75) is 0 Å². The van der Waals surface area contributed by atoms with Gasteiger partial charge in [-0.2, -0.15) is 0 Å². The van der Waals surface area contributed by atoms with Crippen molar-refractivity contribution in [1.82, 2.24) is 0 Å². The van der Waals surface area contributed by atoms with E-state index in [-0.39, 0.29) is 127 Å². The molecule has 21 heteroatoms. The molecule has 20 nitrogen and oxygen atoms in total. The summed E-state index contributed by atoms with van der Waals surface area (Å²) in [6, 6.07) is 15.6. The zero-order chi connectivity index (χ0) is 38.2. The number of hydrogen-bond acceptors (Lipinski definition) is 18. The Morgan fingerprint density at radius 2 is 0.792 bits per heavy atom. The van der Waals surface area contributed by atoms with E-state index in [1.54, 1.807) is 21.9 Å². The van der Waals surface area contributed by atoms with Crippen LogP contribution in [0, 0.1) is 20.2 Å². The molecule has 4 aromatic rings. The Hall–Kier alpha value is -5.97. The summed E-state index contributed by atoms with van der Waals surface area (Å²) in [5, 5.41) is 112. The first kappa shape index (κ1) is 43.2. The molecule has 0 unspecified atom stereocenters. The summed E-state index contributed by atoms with van der Waals surface area (Å²) in [6.45, 7) is 0.654. The Bertz CT molecular complexity index is 1750. The van der Waals surface area contributed by atoms with Gasteiger partial charge in [-0.3, -0.25) is 20.2 Å². The normalized spacial score (nSPS) is 10.8. The molecule has 0 amide bonds. The van der Waals surface area contributed by atoms with E-state index in [1.165, 1.54) is 24.3 Å². The number of aliphatic hydroxyl groups excluding tert-OH is 4. The second-order valence-corrected chi connectivity index (χ2v) is 10.5. The summed E-state index contributed by atoms with van der Waals surface area (Å²) in [4.78, 5) is 23.6. The van der Waals surface area contributed by atoms with Crippen LogP contribution in [0.2, 0.25) is 0 Å². The fourth-order valence-electron chi connectivity index (χ4n) is 4.44. The van der Waals surface area contributed by atoms with Crippen molar-refractivity contribution in [3.8, 4) is 23.0 Å². The fraction of sp³-hybridized carbons (Fsp3) is 0.250. The third-order valence-corrected chi connectivity index (χ3v) is 7.00. The predicted octanol–water partition coefficient (Wildman–Crippen LogP) is 4.42. The zero-order valence-electron chi connectivity index (χ0n) is 27.7. The number of nitrogens with zero attached hydrogens (tertiary/aromatic N) is 8. The Morgan fingerprint density at radius 1 is 0.472 bits per heavy atom. The number of hydrogen-bond donors (Lipinski definition) is 8. The summed E-state index contributed by atoms with van der Waals surface area (Å²) in [5.74, 6) is -0.992. The quantitative estimate of drug-likeness (QED) is 0.0443. The van der Waals surface area contributed by atoms with E-state index in [9.17, 15) is 40.7 Å². The maximum Gasteiger partial charge on any atom is 0.271 e. The fourth-order valence-corrected chi connectivity index (χ4v) is 4.44. The van der Waals surface area contributed by atoms with Gasteiger partial charge in [0.1, 0.15) is 45.7 Å². The minimum absolute atomic E-state index is 0. The Balaban J connectivity index is 0.000000360. The molecule has 4 rings (SSSR count). The van der Waals surface area contributed by atoms with Gasteiger partial charge in [0.25, 0.3) is 11.4 Å². The molecule has 0 spiro atoms. The number of aliphatic hydroxyl groups is 4. The molecule has 4 aromatic carbocycles. The number of aromatic hydroxyl groups is 4. The smallest absolute Gasteiger partial charge is 0.271 e. The summed E-state index contributed by atoms with van der Waals surface area (Å²) in [7, 11) is 0. The van der Waals surface area contributed by atoms with Crippen molar-refractivity contribution in [2.24, 2.45) is 20.5 Å². The summed E-state index contributed by atoms with van der Waals surface area (Å²) in [5.41, 5.74) is 0.611. The van der Waals surface area contributed by atoms with E-state index in [0.29, 0.717) is 11.4 Å². The van der Waals surface area contributed by atoms with Gasteiger partial charge in [-0.25, -0.2) is 0 Å². The van der Waals surface area contributed by atoms with Crippen LogP contribution >= 0.6 is 0 Å². The predicted molar refractivity (Wildman–Crippen MR) is 187 cm³/mol. The Morgan fingerprint density at radius 3 is 1.08 bits per heavy atom. The standard InChI is InChI=1S/2C16H18N4O6.Co/c2*21-7-5-19(6-8-22)11-1-3-13(16(24)10-11)17-18-14-9-12(20(25)26)2-4-15(14)23;/h2*1-4,9-10,21-24H,5-8H2;. The molecule has 0 aliphatic carbocycles. The molecule has 0 aromatic heterocycles. The average molecular weight is 784 g/mol. The number of nitro groups is 2. The van der Waals surface area contributed by atoms with Crippen LogP contribution in [0.15, 0.2) is 93.3 Å². The van der Waals surface area contributed by atoms with Gasteiger partial charge < -0.3 is 50.7 Å². The summed E-state index contributed by atoms with van der Waals surface area (Å²) >= 11 is 0. The first-order valence-electron chi connectivity index (χ1n) is 15.3. The molecule has 53 heavy (non-hydrogen) atoms. The number of benzene rings is 4. The Labute approximate surface area is 311 Å². The van der Waals surface area contributed by atoms with Crippen LogP contribution in [-0.2, 0) is 16.8 Å². The number of rotatable bonds is 16. The molecule has 0 bridgehead atoms. The first-order chi connectivity index (χ1) is 24.9. The Kier molecular flexibility index (Phi) is 17.4. The number of anilines is 2. The van der Waals surface area contributed by atoms with Crippen LogP contribution in [0.5, 0.6) is 23.0 Å². The minimum Gasteiger partial charge on any atom is -0.506 e. The van der Waals surface area contributed by atoms with Gasteiger partial charge in [0.15, 0.2) is 0 Å². The number of nitro benzene ring substituents is 2. The third-order valence-electron chi connectivity index (χ3n) is 7.00. The monoisotopic (exact) mass is 783 g/mol. The molecular formula is C32H36CoN8O12. The van der Waals surface area contributed by atoms with Gasteiger partial charge in [-0.1, -0.05) is 0 Å². The molecule has 0 fully saturated rings. The second-order valence-electron chi connectivity index (χ2n) is 10.5. The molecule has 0 saturated carbocycles. The maximum absolute atomic E-state index is 10.8. The van der Waals surface area contributed by atoms with Crippen molar-refractivity contribution in [3.05, 3.63) is 93.0 Å². The third kappa shape index (κ3) is 12.6. The van der Waals surface area contributed by atoms with Crippen LogP contribution in [0.1, 0.15) is 0 Å². The van der Waals surface area contributed by atoms with Crippen LogP contribution in [-0.4, -0.2) is 103 Å². The van der Waals surface area contributed by atoms with Gasteiger partial charge >= 0.3 is 0 Å². The first-order valence-corrected chi connectivity index (χ1v) is 15.3. The van der Waals surface area contributed by atoms with Crippen molar-refractivity contribution in [1.29, 1.82) is 0 Å². The molecule has 0 heterocycles. The van der Waals surface area contributed by atoms with E-state index in [1.807, 2.05) is 0 Å². The van der Waals surface area contributed by atoms with E-state index >= 15 is 0 Å². The molecule has 0 atom stereocenters. The molecule has 0 saturated heterocycles. The van der Waals surface area contributed by atoms with Gasteiger partial charge in [0.2, 0.25) is 0 Å². The number of phenols is 4. The number of azo groups is 2. The van der Waals surface area contributed by atoms with Crippen molar-refractivity contribution in [2.75, 3.05) is 62.4 Å². The molecule has 0 aliphatic heterocycles. The molecule has 1 radical (unpaired) electrons. The minimum atomic E-state index is -0.623. The van der Waals surface area contributed by atoms with Crippen LogP contribution in [0.3, 0.4) is 0 Å². The average Bonchev–Trinajstić information content (AvgIpc) is 3.11. The molecular weight excluding hydrogens is 747 g/mol. The molecule has 0 aliphatic rings. The van der Waals surface area contributed by atoms with Crippen LogP contribution in [0.25, 0.3) is 0 Å². The van der Waals surface area contributed by atoms with Crippen molar-refractivity contribution < 1.29 is 67.5 Å². The second kappa shape index (κ2) is 21.4. The van der Waals surface area contributed by atoms with Crippen LogP contribution in [0.4, 0.5) is 45.5 Å². The maximum atomic E-state index is 10.8. The van der Waals surface area contributed by atoms with Crippen LogP contribution < -0.4 is 9.80 Å². The van der Waals surface area contributed by atoms with Gasteiger partial charge in [-0.15, -0.1) is 20.5 Å². The summed E-state index contributed by atoms with van der Waals surface area (Å²) in [6.07, 6.45) is 0. The number of non-ortho nitro benzene ring substituents is 2. The van der Waals surface area contributed by atoms with Gasteiger partial charge in [-0.05, 0) is 36.4 Å². The zero-order valence-corrected chi connectivity index (χ0v) is 28.7. The van der Waals surface area contributed by atoms with Gasteiger partial charge in [0, 0.05) is 90.7 Å². The van der Waals surface area contributed by atoms with E-state index in [0.717, 1.165) is 36.4 Å². The number of phenolic OH excluding ortho intramolecular Hbond substituents is 4. The van der Waals surface area contributed by atoms with E-state index < -0.39 is 9.85 Å². The summed E-state index contributed by atoms with van der Waals surface area (Å²) < 4.78 is 0. The van der Waals surface area contributed by atoms with Gasteiger partial charge in [0.05, 0.1) is 36.3 Å². The SMILES string of the molecule is O=[N+]([O-])c1ccc(O)c(N=Nc2ccc(N(CCO)CCO)cc2O)c1.O=[N+]([O-])c1ccc(O)c(N=Nc2ccc(N(CCO)CCO)cc2O)c1.[Co]. The van der Waals surface area contributed by atoms with E-state index in [2.05, 4.69) is 20.5 Å².